The predicted octanol–water partition coefficient (Wildman–Crippen LogP) is -0.344. The molecule has 1 aliphatic rings. The quantitative estimate of drug-likeness (QED) is 0.718. The third-order valence-corrected chi connectivity index (χ3v) is 2.86. The summed E-state index contributed by atoms with van der Waals surface area (Å²) >= 11 is 0. The maximum atomic E-state index is 11.1. The van der Waals surface area contributed by atoms with Gasteiger partial charge in [-0.3, -0.25) is 14.8 Å². The molecule has 0 saturated carbocycles. The molecule has 16 heavy (non-hydrogen) atoms. The van der Waals surface area contributed by atoms with Gasteiger partial charge in [0.25, 0.3) is 0 Å². The Bertz CT molecular complexity index is 367. The van der Waals surface area contributed by atoms with Crippen molar-refractivity contribution in [1.29, 1.82) is 0 Å². The number of hydrogen-bond donors (Lipinski definition) is 2. The van der Waals surface area contributed by atoms with Crippen LogP contribution in [0.1, 0.15) is 12.6 Å². The lowest BCUT2D eigenvalue weighted by atomic mass is 10.3. The SMILES string of the molecule is CC(=O)N1CCN(Cc2cc(N)n[nH]2)CC1. The highest BCUT2D eigenvalue weighted by Gasteiger charge is 2.18. The number of carbonyl (C=O) groups excluding carboxylic acids is 1. The Morgan fingerprint density at radius 1 is 1.50 bits per heavy atom. The zero-order chi connectivity index (χ0) is 11.5. The first-order valence-corrected chi connectivity index (χ1v) is 5.43. The van der Waals surface area contributed by atoms with Crippen LogP contribution in [0.25, 0.3) is 0 Å². The molecule has 0 bridgehead atoms. The highest BCUT2D eigenvalue weighted by atomic mass is 16.2. The van der Waals surface area contributed by atoms with E-state index in [1.54, 1.807) is 6.92 Å². The van der Waals surface area contributed by atoms with Gasteiger partial charge in [-0.2, -0.15) is 5.10 Å². The van der Waals surface area contributed by atoms with Crippen LogP contribution in [-0.2, 0) is 11.3 Å². The standard InChI is InChI=1S/C10H17N5O/c1-8(16)15-4-2-14(3-5-15)7-9-6-10(11)13-12-9/h6H,2-5,7H2,1H3,(H3,11,12,13). The zero-order valence-electron chi connectivity index (χ0n) is 9.44. The fraction of sp³-hybridized carbons (Fsp3) is 0.600. The van der Waals surface area contributed by atoms with Crippen LogP contribution in [0.3, 0.4) is 0 Å². The average Bonchev–Trinajstić information content (AvgIpc) is 2.65. The Balaban J connectivity index is 1.83. The Morgan fingerprint density at radius 2 is 2.19 bits per heavy atom. The number of H-pyrrole nitrogens is 1. The molecule has 3 N–H and O–H groups in total. The Kier molecular flexibility index (Phi) is 3.09. The van der Waals surface area contributed by atoms with E-state index in [-0.39, 0.29) is 5.91 Å². The average molecular weight is 223 g/mol. The third kappa shape index (κ3) is 2.52. The number of aromatic nitrogens is 2. The topological polar surface area (TPSA) is 78.2 Å². The van der Waals surface area contributed by atoms with E-state index < -0.39 is 0 Å². The molecule has 6 nitrogen and oxygen atoms in total. The molecule has 1 saturated heterocycles. The van der Waals surface area contributed by atoms with Crippen molar-refractivity contribution < 1.29 is 4.79 Å². The largest absolute Gasteiger partial charge is 0.382 e. The van der Waals surface area contributed by atoms with Gasteiger partial charge in [0.15, 0.2) is 0 Å². The summed E-state index contributed by atoms with van der Waals surface area (Å²) in [6.07, 6.45) is 0. The van der Waals surface area contributed by atoms with Gasteiger partial charge < -0.3 is 10.6 Å². The van der Waals surface area contributed by atoms with Gasteiger partial charge in [0, 0.05) is 45.7 Å². The molecule has 1 aromatic heterocycles. The molecule has 1 fully saturated rings. The van der Waals surface area contributed by atoms with E-state index in [9.17, 15) is 4.79 Å². The van der Waals surface area contributed by atoms with Gasteiger partial charge in [-0.1, -0.05) is 0 Å². The normalized spacial score (nSPS) is 17.7. The van der Waals surface area contributed by atoms with Crippen molar-refractivity contribution in [3.05, 3.63) is 11.8 Å². The van der Waals surface area contributed by atoms with Crippen molar-refractivity contribution >= 4 is 11.7 Å². The highest BCUT2D eigenvalue weighted by Crippen LogP contribution is 2.08. The lowest BCUT2D eigenvalue weighted by molar-refractivity contribution is -0.130. The molecule has 0 unspecified atom stereocenters. The van der Waals surface area contributed by atoms with Crippen molar-refractivity contribution in [2.75, 3.05) is 31.9 Å². The monoisotopic (exact) mass is 223 g/mol. The van der Waals surface area contributed by atoms with Crippen LogP contribution in [0.15, 0.2) is 6.07 Å². The number of nitrogens with zero attached hydrogens (tertiary/aromatic N) is 3. The van der Waals surface area contributed by atoms with Gasteiger partial charge in [0.2, 0.25) is 5.91 Å². The maximum Gasteiger partial charge on any atom is 0.219 e. The number of rotatable bonds is 2. The molecule has 0 spiro atoms. The number of hydrogen-bond acceptors (Lipinski definition) is 4. The molecule has 6 heteroatoms. The molecule has 2 heterocycles. The van der Waals surface area contributed by atoms with Gasteiger partial charge in [-0.05, 0) is 0 Å². The van der Waals surface area contributed by atoms with Crippen molar-refractivity contribution in [3.8, 4) is 0 Å². The molecule has 0 atom stereocenters. The van der Waals surface area contributed by atoms with Crippen molar-refractivity contribution in [2.24, 2.45) is 0 Å². The second-order valence-corrected chi connectivity index (χ2v) is 4.10. The van der Waals surface area contributed by atoms with Crippen LogP contribution in [0.5, 0.6) is 0 Å². The number of carbonyl (C=O) groups is 1. The molecular weight excluding hydrogens is 206 g/mol. The molecule has 1 aromatic rings. The zero-order valence-corrected chi connectivity index (χ0v) is 9.44. The number of anilines is 1. The number of aromatic amines is 1. The minimum absolute atomic E-state index is 0.158. The van der Waals surface area contributed by atoms with Gasteiger partial charge in [-0.25, -0.2) is 0 Å². The van der Waals surface area contributed by atoms with Crippen LogP contribution in [0.4, 0.5) is 5.82 Å². The molecule has 2 rings (SSSR count). The maximum absolute atomic E-state index is 11.1. The van der Waals surface area contributed by atoms with Crippen LogP contribution in [-0.4, -0.2) is 52.1 Å². The Labute approximate surface area is 94.4 Å². The molecule has 0 aliphatic carbocycles. The minimum atomic E-state index is 0.158. The summed E-state index contributed by atoms with van der Waals surface area (Å²) in [5, 5.41) is 6.78. The molecule has 1 amide bonds. The number of amides is 1. The fourth-order valence-corrected chi connectivity index (χ4v) is 1.92. The molecule has 88 valence electrons. The van der Waals surface area contributed by atoms with E-state index in [1.807, 2.05) is 11.0 Å². The Hall–Kier alpha value is -1.56. The van der Waals surface area contributed by atoms with E-state index in [1.165, 1.54) is 0 Å². The highest BCUT2D eigenvalue weighted by molar-refractivity contribution is 5.73. The van der Waals surface area contributed by atoms with Crippen LogP contribution < -0.4 is 5.73 Å². The number of nitrogens with one attached hydrogen (secondary N) is 1. The van der Waals surface area contributed by atoms with Crippen molar-refractivity contribution in [3.63, 3.8) is 0 Å². The summed E-state index contributed by atoms with van der Waals surface area (Å²) in [5.74, 6) is 0.683. The second-order valence-electron chi connectivity index (χ2n) is 4.10. The molecule has 0 aromatic carbocycles. The first kappa shape index (κ1) is 10.9. The lowest BCUT2D eigenvalue weighted by Crippen LogP contribution is -2.47. The van der Waals surface area contributed by atoms with Gasteiger partial charge >= 0.3 is 0 Å². The van der Waals surface area contributed by atoms with Gasteiger partial charge in [0.05, 0.1) is 5.69 Å². The predicted molar refractivity (Wildman–Crippen MR) is 60.5 cm³/mol. The minimum Gasteiger partial charge on any atom is -0.382 e. The van der Waals surface area contributed by atoms with Crippen molar-refractivity contribution in [1.82, 2.24) is 20.0 Å². The van der Waals surface area contributed by atoms with Crippen LogP contribution in [0, 0.1) is 0 Å². The first-order chi connectivity index (χ1) is 7.65. The summed E-state index contributed by atoms with van der Waals surface area (Å²) < 4.78 is 0. The van der Waals surface area contributed by atoms with Crippen molar-refractivity contribution in [2.45, 2.75) is 13.5 Å². The first-order valence-electron chi connectivity index (χ1n) is 5.43. The molecule has 0 radical (unpaired) electrons. The van der Waals surface area contributed by atoms with E-state index in [0.29, 0.717) is 5.82 Å². The summed E-state index contributed by atoms with van der Waals surface area (Å²) in [6.45, 7) is 5.84. The van der Waals surface area contributed by atoms with Crippen LogP contribution >= 0.6 is 0 Å². The van der Waals surface area contributed by atoms with Gasteiger partial charge in [0.1, 0.15) is 5.82 Å². The third-order valence-electron chi connectivity index (χ3n) is 2.86. The summed E-state index contributed by atoms with van der Waals surface area (Å²) in [6, 6.07) is 1.84. The van der Waals surface area contributed by atoms with E-state index >= 15 is 0 Å². The second kappa shape index (κ2) is 4.52. The smallest absolute Gasteiger partial charge is 0.219 e. The van der Waals surface area contributed by atoms with E-state index in [0.717, 1.165) is 38.4 Å². The number of nitrogens with two attached hydrogens (primary N) is 1. The van der Waals surface area contributed by atoms with E-state index in [4.69, 9.17) is 5.73 Å². The summed E-state index contributed by atoms with van der Waals surface area (Å²) in [5.41, 5.74) is 6.55. The molecular formula is C10H17N5O. The summed E-state index contributed by atoms with van der Waals surface area (Å²) in [4.78, 5) is 15.3. The number of piperazine rings is 1. The van der Waals surface area contributed by atoms with Gasteiger partial charge in [-0.15, -0.1) is 0 Å². The van der Waals surface area contributed by atoms with Crippen LogP contribution in [0.2, 0.25) is 0 Å². The fourth-order valence-electron chi connectivity index (χ4n) is 1.92. The lowest BCUT2D eigenvalue weighted by Gasteiger charge is -2.33. The molecule has 1 aliphatic heterocycles. The van der Waals surface area contributed by atoms with E-state index in [2.05, 4.69) is 15.1 Å². The Morgan fingerprint density at radius 3 is 2.69 bits per heavy atom. The summed E-state index contributed by atoms with van der Waals surface area (Å²) in [7, 11) is 0. The number of nitrogen functional groups attached to an aromatic ring is 1.